The van der Waals surface area contributed by atoms with Crippen LogP contribution in [0.4, 0.5) is 0 Å². The number of hydrogen-bond donors (Lipinski definition) is 1. The first-order valence-electron chi connectivity index (χ1n) is 4.52. The molecule has 0 radical (unpaired) electrons. The van der Waals surface area contributed by atoms with Gasteiger partial charge in [-0.1, -0.05) is 12.1 Å². The minimum absolute atomic E-state index is 0.158. The maximum absolute atomic E-state index is 11.3. The molecule has 4 nitrogen and oxygen atoms in total. The quantitative estimate of drug-likeness (QED) is 0.814. The highest BCUT2D eigenvalue weighted by Gasteiger charge is 2.07. The first kappa shape index (κ1) is 12.4. The van der Waals surface area contributed by atoms with Crippen LogP contribution < -0.4 is 0 Å². The third kappa shape index (κ3) is 3.20. The van der Waals surface area contributed by atoms with E-state index in [4.69, 9.17) is 5.11 Å². The number of carbonyl (C=O) groups is 1. The number of carboxylic acids is 1. The predicted octanol–water partition coefficient (Wildman–Crippen LogP) is 1.58. The predicted molar refractivity (Wildman–Crippen MR) is 60.8 cm³/mol. The summed E-state index contributed by atoms with van der Waals surface area (Å²) >= 11 is 0. The molecule has 0 bridgehead atoms. The van der Waals surface area contributed by atoms with Gasteiger partial charge >= 0.3 is 5.97 Å². The second kappa shape index (κ2) is 4.49. The molecule has 5 heteroatoms. The molecule has 0 unspecified atom stereocenters. The summed E-state index contributed by atoms with van der Waals surface area (Å²) < 4.78 is 22.5. The average molecular weight is 240 g/mol. The van der Waals surface area contributed by atoms with Gasteiger partial charge in [-0.25, -0.2) is 13.2 Å². The Labute approximate surface area is 94.1 Å². The van der Waals surface area contributed by atoms with Crippen molar-refractivity contribution in [3.05, 3.63) is 35.4 Å². The van der Waals surface area contributed by atoms with E-state index >= 15 is 0 Å². The van der Waals surface area contributed by atoms with Crippen LogP contribution in [0.15, 0.2) is 34.7 Å². The number of aliphatic carboxylic acids is 1. The second-order valence-electron chi connectivity index (χ2n) is 3.48. The summed E-state index contributed by atoms with van der Waals surface area (Å²) in [6.45, 7) is 1.45. The topological polar surface area (TPSA) is 71.4 Å². The summed E-state index contributed by atoms with van der Waals surface area (Å²) in [6.07, 6.45) is 2.54. The van der Waals surface area contributed by atoms with Gasteiger partial charge in [-0.15, -0.1) is 0 Å². The van der Waals surface area contributed by atoms with Gasteiger partial charge in [0.2, 0.25) is 0 Å². The summed E-state index contributed by atoms with van der Waals surface area (Å²) in [4.78, 5) is 10.8. The molecule has 0 spiro atoms. The summed E-state index contributed by atoms with van der Waals surface area (Å²) in [5.74, 6) is -1.02. The number of sulfone groups is 1. The van der Waals surface area contributed by atoms with Crippen molar-refractivity contribution in [1.82, 2.24) is 0 Å². The Morgan fingerprint density at radius 2 is 2.00 bits per heavy atom. The van der Waals surface area contributed by atoms with Crippen LogP contribution in [-0.2, 0) is 14.6 Å². The highest BCUT2D eigenvalue weighted by Crippen LogP contribution is 2.14. The monoisotopic (exact) mass is 240 g/mol. The molecule has 1 N–H and O–H groups in total. The smallest absolute Gasteiger partial charge is 0.331 e. The van der Waals surface area contributed by atoms with Gasteiger partial charge in [0, 0.05) is 11.8 Å². The van der Waals surface area contributed by atoms with E-state index in [1.165, 1.54) is 25.1 Å². The molecule has 0 heterocycles. The van der Waals surface area contributed by atoms with Crippen LogP contribution in [0.5, 0.6) is 0 Å². The van der Waals surface area contributed by atoms with E-state index in [1.807, 2.05) is 0 Å². The van der Waals surface area contributed by atoms with Crippen LogP contribution in [0.25, 0.3) is 6.08 Å². The maximum Gasteiger partial charge on any atom is 0.331 e. The van der Waals surface area contributed by atoms with Gasteiger partial charge in [-0.05, 0) is 30.7 Å². The van der Waals surface area contributed by atoms with E-state index in [0.717, 1.165) is 6.26 Å². The molecule has 0 atom stereocenters. The fourth-order valence-corrected chi connectivity index (χ4v) is 1.82. The van der Waals surface area contributed by atoms with Crippen molar-refractivity contribution in [2.24, 2.45) is 0 Å². The van der Waals surface area contributed by atoms with Crippen LogP contribution in [-0.4, -0.2) is 25.7 Å². The highest BCUT2D eigenvalue weighted by atomic mass is 32.2. The van der Waals surface area contributed by atoms with Gasteiger partial charge in [0.05, 0.1) is 4.90 Å². The van der Waals surface area contributed by atoms with Crippen LogP contribution in [0.1, 0.15) is 12.5 Å². The molecule has 16 heavy (non-hydrogen) atoms. The number of rotatable bonds is 3. The molecule has 1 rings (SSSR count). The fraction of sp³-hybridized carbons (Fsp3) is 0.182. The summed E-state index contributed by atoms with van der Waals surface area (Å²) in [6, 6.07) is 6.16. The molecule has 1 aromatic carbocycles. The molecular weight excluding hydrogens is 228 g/mol. The van der Waals surface area contributed by atoms with Crippen molar-refractivity contribution in [2.75, 3.05) is 6.26 Å². The molecule has 0 saturated heterocycles. The second-order valence-corrected chi connectivity index (χ2v) is 5.49. The van der Waals surface area contributed by atoms with Crippen LogP contribution in [0.3, 0.4) is 0 Å². The van der Waals surface area contributed by atoms with Crippen molar-refractivity contribution >= 4 is 21.9 Å². The number of carboxylic acid groups (broad SMARTS) is 1. The number of hydrogen-bond acceptors (Lipinski definition) is 3. The standard InChI is InChI=1S/C11H12O4S/c1-8(11(12)13)6-9-4-3-5-10(7-9)16(2,14)15/h3-7H,1-2H3,(H,12,13)/b8-6+. The summed E-state index contributed by atoms with van der Waals surface area (Å²) in [7, 11) is -3.26. The molecule has 0 amide bonds. The molecule has 0 aliphatic carbocycles. The Morgan fingerprint density at radius 3 is 2.50 bits per heavy atom. The molecule has 0 aliphatic heterocycles. The van der Waals surface area contributed by atoms with Crippen molar-refractivity contribution in [2.45, 2.75) is 11.8 Å². The lowest BCUT2D eigenvalue weighted by Crippen LogP contribution is -1.98. The Hall–Kier alpha value is -1.62. The average Bonchev–Trinajstić information content (AvgIpc) is 2.16. The number of benzene rings is 1. The third-order valence-corrected chi connectivity index (χ3v) is 3.12. The van der Waals surface area contributed by atoms with Crippen LogP contribution >= 0.6 is 0 Å². The van der Waals surface area contributed by atoms with E-state index in [1.54, 1.807) is 12.1 Å². The zero-order chi connectivity index (χ0) is 12.3. The van der Waals surface area contributed by atoms with Crippen molar-refractivity contribution < 1.29 is 18.3 Å². The molecule has 0 saturated carbocycles. The molecule has 0 aliphatic rings. The van der Waals surface area contributed by atoms with E-state index in [0.29, 0.717) is 5.56 Å². The largest absolute Gasteiger partial charge is 0.478 e. The lowest BCUT2D eigenvalue weighted by molar-refractivity contribution is -0.132. The van der Waals surface area contributed by atoms with Crippen molar-refractivity contribution in [1.29, 1.82) is 0 Å². The van der Waals surface area contributed by atoms with E-state index < -0.39 is 15.8 Å². The van der Waals surface area contributed by atoms with Crippen molar-refractivity contribution in [3.8, 4) is 0 Å². The molecule has 86 valence electrons. The normalized spacial score (nSPS) is 12.5. The highest BCUT2D eigenvalue weighted by molar-refractivity contribution is 7.90. The van der Waals surface area contributed by atoms with E-state index in [2.05, 4.69) is 0 Å². The minimum atomic E-state index is -3.26. The van der Waals surface area contributed by atoms with Gasteiger partial charge in [0.25, 0.3) is 0 Å². The molecule has 1 aromatic rings. The van der Waals surface area contributed by atoms with Gasteiger partial charge in [0.1, 0.15) is 0 Å². The Balaban J connectivity index is 3.20. The first-order valence-corrected chi connectivity index (χ1v) is 6.41. The summed E-state index contributed by atoms with van der Waals surface area (Å²) in [5, 5.41) is 8.69. The lowest BCUT2D eigenvalue weighted by Gasteiger charge is -2.00. The Morgan fingerprint density at radius 1 is 1.38 bits per heavy atom. The van der Waals surface area contributed by atoms with Gasteiger partial charge in [-0.3, -0.25) is 0 Å². The zero-order valence-corrected chi connectivity index (χ0v) is 9.78. The molecule has 0 fully saturated rings. The minimum Gasteiger partial charge on any atom is -0.478 e. The van der Waals surface area contributed by atoms with Gasteiger partial charge in [-0.2, -0.15) is 0 Å². The van der Waals surface area contributed by atoms with Gasteiger partial charge < -0.3 is 5.11 Å². The fourth-order valence-electron chi connectivity index (χ4n) is 1.15. The van der Waals surface area contributed by atoms with E-state index in [-0.39, 0.29) is 10.5 Å². The molecule has 0 aromatic heterocycles. The summed E-state index contributed by atoms with van der Waals surface area (Å²) in [5.41, 5.74) is 0.716. The lowest BCUT2D eigenvalue weighted by atomic mass is 10.1. The van der Waals surface area contributed by atoms with Crippen LogP contribution in [0.2, 0.25) is 0 Å². The molecular formula is C11H12O4S. The Bertz CT molecular complexity index is 541. The Kier molecular flexibility index (Phi) is 3.49. The SMILES string of the molecule is C/C(=C\c1cccc(S(C)(=O)=O)c1)C(=O)O. The van der Waals surface area contributed by atoms with Crippen molar-refractivity contribution in [3.63, 3.8) is 0 Å². The van der Waals surface area contributed by atoms with Crippen LogP contribution in [0, 0.1) is 0 Å². The third-order valence-electron chi connectivity index (χ3n) is 2.01. The van der Waals surface area contributed by atoms with E-state index in [9.17, 15) is 13.2 Å². The zero-order valence-electron chi connectivity index (χ0n) is 8.97. The maximum atomic E-state index is 11.3. The van der Waals surface area contributed by atoms with Gasteiger partial charge in [0.15, 0.2) is 9.84 Å². The first-order chi connectivity index (χ1) is 7.30.